The summed E-state index contributed by atoms with van der Waals surface area (Å²) in [7, 11) is 0. The number of nitrogens with two attached hydrogens (primary N) is 2. The molecule has 3 atom stereocenters. The number of rotatable bonds is 12. The fraction of sp³-hybridized carbons (Fsp3) is 0.500. The summed E-state index contributed by atoms with van der Waals surface area (Å²) in [4.78, 5) is 54.6. The minimum absolute atomic E-state index is 0.113. The highest BCUT2D eigenvalue weighted by Crippen LogP contribution is 2.20. The monoisotopic (exact) mass is 478 g/mol. The number of nitrogens with zero attached hydrogens (tertiary/aromatic N) is 2. The molecule has 1 aliphatic heterocycles. The highest BCUT2D eigenvalue weighted by molar-refractivity contribution is 5.95. The van der Waals surface area contributed by atoms with Crippen molar-refractivity contribution in [1.29, 1.82) is 0 Å². The van der Waals surface area contributed by atoms with Crippen LogP contribution in [-0.2, 0) is 20.8 Å². The number of halogens is 1. The number of nitrogens with one attached hydrogen (secondary N) is 2. The molecule has 12 heteroatoms. The lowest BCUT2D eigenvalue weighted by atomic mass is 10.0. The first kappa shape index (κ1) is 26.6. The van der Waals surface area contributed by atoms with Crippen LogP contribution in [0.5, 0.6) is 0 Å². The summed E-state index contributed by atoms with van der Waals surface area (Å²) in [5.41, 5.74) is 11.3. The second-order valence-corrected chi connectivity index (χ2v) is 7.99. The molecule has 0 radical (unpaired) electrons. The Labute approximate surface area is 196 Å². The van der Waals surface area contributed by atoms with E-state index in [2.05, 4.69) is 15.6 Å². The molecule has 0 saturated carbocycles. The fourth-order valence-electron chi connectivity index (χ4n) is 3.88. The largest absolute Gasteiger partial charge is 0.465 e. The summed E-state index contributed by atoms with van der Waals surface area (Å²) < 4.78 is 13.0. The van der Waals surface area contributed by atoms with Crippen LogP contribution in [0.25, 0.3) is 0 Å². The molecular formula is C22H31FN6O5. The third-order valence-corrected chi connectivity index (χ3v) is 5.50. The van der Waals surface area contributed by atoms with Crippen molar-refractivity contribution in [2.45, 2.75) is 50.2 Å². The summed E-state index contributed by atoms with van der Waals surface area (Å²) in [5, 5.41) is 14.0. The van der Waals surface area contributed by atoms with Crippen molar-refractivity contribution in [1.82, 2.24) is 15.5 Å². The minimum Gasteiger partial charge on any atom is -0.465 e. The van der Waals surface area contributed by atoms with Crippen molar-refractivity contribution in [3.05, 3.63) is 35.9 Å². The molecule has 1 saturated heterocycles. The van der Waals surface area contributed by atoms with Gasteiger partial charge in [0.15, 0.2) is 11.7 Å². The molecule has 1 fully saturated rings. The molecule has 7 N–H and O–H groups in total. The summed E-state index contributed by atoms with van der Waals surface area (Å²) in [6, 6.07) is 5.84. The number of carbonyl (C=O) groups excluding carboxylic acids is 3. The summed E-state index contributed by atoms with van der Waals surface area (Å²) >= 11 is 0. The lowest BCUT2D eigenvalue weighted by molar-refractivity contribution is -0.140. The Kier molecular flexibility index (Phi) is 10.2. The molecule has 3 amide bonds. The van der Waals surface area contributed by atoms with E-state index >= 15 is 0 Å². The summed E-state index contributed by atoms with van der Waals surface area (Å²) in [6.07, 6.45) is 0.0926. The Morgan fingerprint density at radius 3 is 2.47 bits per heavy atom. The minimum atomic E-state index is -1.36. The quantitative estimate of drug-likeness (QED) is 0.158. The Bertz CT molecular complexity index is 893. The number of amides is 3. The normalized spacial score (nSPS) is 16.9. The number of hydrogen-bond donors (Lipinski definition) is 5. The van der Waals surface area contributed by atoms with E-state index in [4.69, 9.17) is 11.5 Å². The topological polar surface area (TPSA) is 180 Å². The molecule has 11 nitrogen and oxygen atoms in total. The Morgan fingerprint density at radius 1 is 1.15 bits per heavy atom. The maximum atomic E-state index is 13.2. The molecule has 0 unspecified atom stereocenters. The Hall–Kier alpha value is -3.70. The average Bonchev–Trinajstić information content (AvgIpc) is 3.30. The second-order valence-electron chi connectivity index (χ2n) is 7.99. The standard InChI is InChI=1S/C22H31FN6O5/c23-13-18(30)15(8-4-10-26-21(24)25)27-19(31)17-9-5-11-29(17)20(32)16(28-22(33)34)12-14-6-2-1-3-7-14/h1-3,6-7,15-17,28H,4-5,8-13H2,(H,27,31)(H,33,34)(H4,24,25,26)/t15-,16-,17-/m0/s1. The van der Waals surface area contributed by atoms with E-state index in [1.165, 1.54) is 4.90 Å². The molecule has 1 aliphatic rings. The molecule has 0 spiro atoms. The number of ketones is 1. The van der Waals surface area contributed by atoms with Crippen molar-refractivity contribution in [2.24, 2.45) is 16.5 Å². The van der Waals surface area contributed by atoms with E-state index in [1.54, 1.807) is 30.3 Å². The molecule has 1 aromatic rings. The van der Waals surface area contributed by atoms with Crippen LogP contribution >= 0.6 is 0 Å². The summed E-state index contributed by atoms with van der Waals surface area (Å²) in [6.45, 7) is -0.776. The number of benzene rings is 1. The molecule has 0 bridgehead atoms. The lowest BCUT2D eigenvalue weighted by Crippen LogP contribution is -2.55. The molecule has 0 aliphatic carbocycles. The van der Waals surface area contributed by atoms with Crippen LogP contribution in [-0.4, -0.2) is 77.5 Å². The van der Waals surface area contributed by atoms with Crippen molar-refractivity contribution >= 4 is 29.7 Å². The zero-order chi connectivity index (χ0) is 25.1. The van der Waals surface area contributed by atoms with Crippen molar-refractivity contribution < 1.29 is 28.7 Å². The van der Waals surface area contributed by atoms with Crippen LogP contribution < -0.4 is 22.1 Å². The van der Waals surface area contributed by atoms with E-state index in [0.717, 1.165) is 5.56 Å². The van der Waals surface area contributed by atoms with Gasteiger partial charge in [0.05, 0.1) is 6.04 Å². The zero-order valence-corrected chi connectivity index (χ0v) is 18.8. The highest BCUT2D eigenvalue weighted by Gasteiger charge is 2.38. The van der Waals surface area contributed by atoms with Crippen LogP contribution in [0.4, 0.5) is 9.18 Å². The maximum Gasteiger partial charge on any atom is 0.405 e. The van der Waals surface area contributed by atoms with Crippen molar-refractivity contribution in [2.75, 3.05) is 19.8 Å². The predicted molar refractivity (Wildman–Crippen MR) is 123 cm³/mol. The molecule has 34 heavy (non-hydrogen) atoms. The van der Waals surface area contributed by atoms with E-state index < -0.39 is 48.5 Å². The van der Waals surface area contributed by atoms with Gasteiger partial charge < -0.3 is 32.1 Å². The molecule has 2 rings (SSSR count). The van der Waals surface area contributed by atoms with Gasteiger partial charge in [0.25, 0.3) is 0 Å². The van der Waals surface area contributed by atoms with Gasteiger partial charge in [0.1, 0.15) is 18.8 Å². The molecule has 1 aromatic carbocycles. The van der Waals surface area contributed by atoms with E-state index in [9.17, 15) is 28.7 Å². The number of alkyl halides is 1. The van der Waals surface area contributed by atoms with Gasteiger partial charge in [-0.3, -0.25) is 19.4 Å². The van der Waals surface area contributed by atoms with Crippen LogP contribution in [0.15, 0.2) is 35.3 Å². The first-order valence-electron chi connectivity index (χ1n) is 11.0. The van der Waals surface area contributed by atoms with Crippen LogP contribution in [0.2, 0.25) is 0 Å². The van der Waals surface area contributed by atoms with E-state index in [0.29, 0.717) is 19.3 Å². The number of hydrogen-bond acceptors (Lipinski definition) is 5. The van der Waals surface area contributed by atoms with Crippen LogP contribution in [0, 0.1) is 0 Å². The van der Waals surface area contributed by atoms with E-state index in [1.807, 2.05) is 0 Å². The number of carboxylic acid groups (broad SMARTS) is 1. The third-order valence-electron chi connectivity index (χ3n) is 5.50. The number of guanidine groups is 1. The van der Waals surface area contributed by atoms with Gasteiger partial charge in [0.2, 0.25) is 11.8 Å². The van der Waals surface area contributed by atoms with Crippen molar-refractivity contribution in [3.8, 4) is 0 Å². The van der Waals surface area contributed by atoms with Crippen LogP contribution in [0.1, 0.15) is 31.2 Å². The number of aliphatic imine (C=N–C) groups is 1. The predicted octanol–water partition coefficient (Wildman–Crippen LogP) is -0.0667. The van der Waals surface area contributed by atoms with Gasteiger partial charge in [-0.15, -0.1) is 0 Å². The second kappa shape index (κ2) is 13.1. The maximum absolute atomic E-state index is 13.2. The van der Waals surface area contributed by atoms with Crippen LogP contribution in [0.3, 0.4) is 0 Å². The number of Topliss-reactive ketones (excluding diaryl/α,β-unsaturated/α-hetero) is 1. The molecule has 186 valence electrons. The lowest BCUT2D eigenvalue weighted by Gasteiger charge is -2.29. The highest BCUT2D eigenvalue weighted by atomic mass is 19.1. The molecule has 1 heterocycles. The van der Waals surface area contributed by atoms with Gasteiger partial charge >= 0.3 is 6.09 Å². The van der Waals surface area contributed by atoms with Gasteiger partial charge in [-0.25, -0.2) is 9.18 Å². The van der Waals surface area contributed by atoms with Gasteiger partial charge in [-0.1, -0.05) is 30.3 Å². The summed E-state index contributed by atoms with van der Waals surface area (Å²) in [5.74, 6) is -2.03. The van der Waals surface area contributed by atoms with Gasteiger partial charge in [0, 0.05) is 19.5 Å². The average molecular weight is 479 g/mol. The molecule has 0 aromatic heterocycles. The number of carbonyl (C=O) groups is 4. The SMILES string of the molecule is NC(N)=NCCC[C@H](NC(=O)[C@@H]1CCCN1C(=O)[C@H](Cc1ccccc1)NC(=O)O)C(=O)CF. The Morgan fingerprint density at radius 2 is 1.85 bits per heavy atom. The fourth-order valence-corrected chi connectivity index (χ4v) is 3.88. The smallest absolute Gasteiger partial charge is 0.405 e. The third kappa shape index (κ3) is 8.01. The first-order chi connectivity index (χ1) is 16.2. The van der Waals surface area contributed by atoms with Crippen molar-refractivity contribution in [3.63, 3.8) is 0 Å². The number of likely N-dealkylation sites (tertiary alicyclic amines) is 1. The first-order valence-corrected chi connectivity index (χ1v) is 11.0. The Balaban J connectivity index is 2.09. The van der Waals surface area contributed by atoms with E-state index in [-0.39, 0.29) is 31.9 Å². The molecular weight excluding hydrogens is 447 g/mol. The van der Waals surface area contributed by atoms with Gasteiger partial charge in [-0.2, -0.15) is 0 Å². The zero-order valence-electron chi connectivity index (χ0n) is 18.8. The van der Waals surface area contributed by atoms with Gasteiger partial charge in [-0.05, 0) is 31.2 Å².